The number of thiophene rings is 1. The predicted molar refractivity (Wildman–Crippen MR) is 119 cm³/mol. The van der Waals surface area contributed by atoms with Gasteiger partial charge in [-0.3, -0.25) is 9.36 Å². The molecule has 0 unspecified atom stereocenters. The number of benzene rings is 2. The van der Waals surface area contributed by atoms with E-state index in [-0.39, 0.29) is 12.1 Å². The van der Waals surface area contributed by atoms with E-state index in [0.29, 0.717) is 30.8 Å². The Morgan fingerprint density at radius 3 is 2.39 bits per heavy atom. The van der Waals surface area contributed by atoms with E-state index in [0.717, 1.165) is 17.5 Å². The summed E-state index contributed by atoms with van der Waals surface area (Å²) in [6.45, 7) is 2.34. The van der Waals surface area contributed by atoms with Crippen molar-refractivity contribution in [1.29, 1.82) is 0 Å². The van der Waals surface area contributed by atoms with Crippen molar-refractivity contribution in [3.05, 3.63) is 84.7 Å². The summed E-state index contributed by atoms with van der Waals surface area (Å²) in [5.74, 6) is 0. The van der Waals surface area contributed by atoms with Crippen LogP contribution in [0.4, 0.5) is 0 Å². The van der Waals surface area contributed by atoms with Crippen LogP contribution in [0.3, 0.4) is 0 Å². The van der Waals surface area contributed by atoms with Gasteiger partial charge >= 0.3 is 0 Å². The Balaban J connectivity index is 1.82. The number of hydrogen-bond donors (Lipinski definition) is 0. The maximum absolute atomic E-state index is 13.2. The fourth-order valence-electron chi connectivity index (χ4n) is 3.11. The summed E-state index contributed by atoms with van der Waals surface area (Å²) in [5.41, 5.74) is 3.67. The number of rotatable bonds is 4. The van der Waals surface area contributed by atoms with Crippen LogP contribution in [0.15, 0.2) is 52.9 Å². The van der Waals surface area contributed by atoms with Crippen molar-refractivity contribution in [3.63, 3.8) is 0 Å². The van der Waals surface area contributed by atoms with Crippen LogP contribution in [0.2, 0.25) is 15.1 Å². The summed E-state index contributed by atoms with van der Waals surface area (Å²) in [7, 11) is 0. The number of fused-ring (bicyclic) bond motifs is 1. The van der Waals surface area contributed by atoms with Gasteiger partial charge in [-0.05, 0) is 29.7 Å². The second kappa shape index (κ2) is 7.88. The Kier molecular flexibility index (Phi) is 5.48. The molecule has 0 saturated carbocycles. The molecule has 3 nitrogen and oxygen atoms in total. The molecule has 142 valence electrons. The molecule has 0 aliphatic heterocycles. The number of halogens is 3. The maximum atomic E-state index is 13.2. The van der Waals surface area contributed by atoms with Gasteiger partial charge in [0.15, 0.2) is 0 Å². The molecule has 0 atom stereocenters. The third kappa shape index (κ3) is 3.58. The lowest BCUT2D eigenvalue weighted by atomic mass is 10.0. The van der Waals surface area contributed by atoms with E-state index in [1.54, 1.807) is 12.1 Å². The molecule has 0 bridgehead atoms. The van der Waals surface area contributed by atoms with Gasteiger partial charge in [-0.2, -0.15) is 0 Å². The summed E-state index contributed by atoms with van der Waals surface area (Å²) in [4.78, 5) is 18.4. The first-order chi connectivity index (χ1) is 13.5. The van der Waals surface area contributed by atoms with Crippen molar-refractivity contribution in [2.75, 3.05) is 0 Å². The van der Waals surface area contributed by atoms with Crippen molar-refractivity contribution >= 4 is 56.4 Å². The fraction of sp³-hybridized carbons (Fsp3) is 0.143. The van der Waals surface area contributed by atoms with E-state index in [2.05, 4.69) is 24.0 Å². The summed E-state index contributed by atoms with van der Waals surface area (Å²) >= 11 is 20.0. The molecule has 0 aliphatic rings. The SMILES string of the molecule is CCc1ccc(-c2csc3ncn(Cc4c(Cl)cc(Cl)cc4Cl)c(=O)c23)cc1. The lowest BCUT2D eigenvalue weighted by Gasteiger charge is -2.10. The summed E-state index contributed by atoms with van der Waals surface area (Å²) in [5, 5.41) is 3.88. The van der Waals surface area contributed by atoms with Gasteiger partial charge in [0.25, 0.3) is 5.56 Å². The van der Waals surface area contributed by atoms with Gasteiger partial charge in [0, 0.05) is 31.6 Å². The van der Waals surface area contributed by atoms with Crippen molar-refractivity contribution in [2.24, 2.45) is 0 Å². The first-order valence-corrected chi connectivity index (χ1v) is 10.7. The Bertz CT molecular complexity index is 1210. The molecular formula is C21H15Cl3N2OS. The number of nitrogens with zero attached hydrogens (tertiary/aromatic N) is 2. The molecule has 4 rings (SSSR count). The van der Waals surface area contributed by atoms with Crippen molar-refractivity contribution in [1.82, 2.24) is 9.55 Å². The molecular weight excluding hydrogens is 435 g/mol. The summed E-state index contributed by atoms with van der Waals surface area (Å²) in [6.07, 6.45) is 2.51. The van der Waals surface area contributed by atoms with Crippen LogP contribution < -0.4 is 5.56 Å². The van der Waals surface area contributed by atoms with Crippen LogP contribution in [0.5, 0.6) is 0 Å². The third-order valence-corrected chi connectivity index (χ3v) is 6.45. The molecule has 28 heavy (non-hydrogen) atoms. The normalized spacial score (nSPS) is 11.3. The first-order valence-electron chi connectivity index (χ1n) is 8.67. The van der Waals surface area contributed by atoms with Gasteiger partial charge in [0.1, 0.15) is 4.83 Å². The molecule has 2 aromatic carbocycles. The van der Waals surface area contributed by atoms with Gasteiger partial charge in [0.05, 0.1) is 18.3 Å². The van der Waals surface area contributed by atoms with Crippen molar-refractivity contribution in [3.8, 4) is 11.1 Å². The van der Waals surface area contributed by atoms with Gasteiger partial charge in [-0.15, -0.1) is 11.3 Å². The van der Waals surface area contributed by atoms with E-state index >= 15 is 0 Å². The number of aromatic nitrogens is 2. The minimum absolute atomic E-state index is 0.122. The Labute approximate surface area is 181 Å². The van der Waals surface area contributed by atoms with E-state index in [1.807, 2.05) is 17.5 Å². The number of hydrogen-bond acceptors (Lipinski definition) is 3. The highest BCUT2D eigenvalue weighted by Gasteiger charge is 2.15. The third-order valence-electron chi connectivity index (χ3n) is 4.67. The van der Waals surface area contributed by atoms with Gasteiger partial charge < -0.3 is 0 Å². The zero-order valence-electron chi connectivity index (χ0n) is 14.9. The summed E-state index contributed by atoms with van der Waals surface area (Å²) in [6, 6.07) is 11.5. The second-order valence-electron chi connectivity index (χ2n) is 6.41. The highest BCUT2D eigenvalue weighted by Crippen LogP contribution is 2.32. The molecule has 0 fully saturated rings. The van der Waals surface area contributed by atoms with E-state index in [4.69, 9.17) is 34.8 Å². The van der Waals surface area contributed by atoms with Crippen LogP contribution in [-0.2, 0) is 13.0 Å². The Morgan fingerprint density at radius 2 is 1.75 bits per heavy atom. The molecule has 0 radical (unpaired) electrons. The number of aryl methyl sites for hydroxylation is 1. The molecule has 7 heteroatoms. The van der Waals surface area contributed by atoms with E-state index in [9.17, 15) is 4.79 Å². The molecule has 4 aromatic rings. The first kappa shape index (κ1) is 19.5. The molecule has 0 amide bonds. The molecule has 0 spiro atoms. The van der Waals surface area contributed by atoms with Crippen molar-refractivity contribution in [2.45, 2.75) is 19.9 Å². The van der Waals surface area contributed by atoms with Crippen LogP contribution >= 0.6 is 46.1 Å². The average Bonchev–Trinajstić information content (AvgIpc) is 3.11. The molecule has 2 aromatic heterocycles. The lowest BCUT2D eigenvalue weighted by molar-refractivity contribution is 0.750. The van der Waals surface area contributed by atoms with Crippen LogP contribution in [0, 0.1) is 0 Å². The zero-order chi connectivity index (χ0) is 19.8. The maximum Gasteiger partial charge on any atom is 0.263 e. The fourth-order valence-corrected chi connectivity index (χ4v) is 4.95. The van der Waals surface area contributed by atoms with Crippen LogP contribution in [0.25, 0.3) is 21.3 Å². The minimum Gasteiger partial charge on any atom is -0.294 e. The molecule has 2 heterocycles. The highest BCUT2D eigenvalue weighted by molar-refractivity contribution is 7.17. The second-order valence-corrected chi connectivity index (χ2v) is 8.51. The quantitative estimate of drug-likeness (QED) is 0.347. The zero-order valence-corrected chi connectivity index (χ0v) is 18.0. The van der Waals surface area contributed by atoms with Crippen LogP contribution in [-0.4, -0.2) is 9.55 Å². The molecule has 0 N–H and O–H groups in total. The average molecular weight is 450 g/mol. The van der Waals surface area contributed by atoms with Gasteiger partial charge in [-0.25, -0.2) is 4.98 Å². The molecule has 0 saturated heterocycles. The molecule has 0 aliphatic carbocycles. The Morgan fingerprint density at radius 1 is 1.07 bits per heavy atom. The largest absolute Gasteiger partial charge is 0.294 e. The van der Waals surface area contributed by atoms with E-state index < -0.39 is 0 Å². The summed E-state index contributed by atoms with van der Waals surface area (Å²) < 4.78 is 1.53. The van der Waals surface area contributed by atoms with E-state index in [1.165, 1.54) is 27.8 Å². The van der Waals surface area contributed by atoms with Gasteiger partial charge in [0.2, 0.25) is 0 Å². The minimum atomic E-state index is -0.122. The van der Waals surface area contributed by atoms with Gasteiger partial charge in [-0.1, -0.05) is 66.0 Å². The predicted octanol–water partition coefficient (Wildman–Crippen LogP) is 6.70. The standard InChI is InChI=1S/C21H15Cl3N2OS/c1-2-12-3-5-13(6-4-12)16-10-28-20-19(16)21(27)26(11-25-20)9-15-17(23)7-14(22)8-18(15)24/h3-8,10-11H,2,9H2,1H3. The van der Waals surface area contributed by atoms with Crippen molar-refractivity contribution < 1.29 is 0 Å². The lowest BCUT2D eigenvalue weighted by Crippen LogP contribution is -2.21. The highest BCUT2D eigenvalue weighted by atomic mass is 35.5. The smallest absolute Gasteiger partial charge is 0.263 e. The topological polar surface area (TPSA) is 34.9 Å². The van der Waals surface area contributed by atoms with Crippen LogP contribution in [0.1, 0.15) is 18.1 Å². The monoisotopic (exact) mass is 448 g/mol. The Hall–Kier alpha value is -1.85.